The molecule has 1 atom stereocenters. The maximum Gasteiger partial charge on any atom is 0.422 e. The van der Waals surface area contributed by atoms with Crippen LogP contribution in [0.2, 0.25) is 0 Å². The van der Waals surface area contributed by atoms with Crippen LogP contribution in [0.15, 0.2) is 42.9 Å². The Hall–Kier alpha value is -3.97. The molecule has 1 amide bonds. The van der Waals surface area contributed by atoms with Gasteiger partial charge in [0, 0.05) is 44.9 Å². The number of anilines is 1. The van der Waals surface area contributed by atoms with E-state index in [0.29, 0.717) is 30.2 Å². The van der Waals surface area contributed by atoms with Crippen molar-refractivity contribution >= 4 is 22.8 Å². The maximum absolute atomic E-state index is 13.6. The molecule has 1 aliphatic heterocycles. The van der Waals surface area contributed by atoms with E-state index in [-0.39, 0.29) is 11.5 Å². The summed E-state index contributed by atoms with van der Waals surface area (Å²) in [5.41, 5.74) is -0.475. The lowest BCUT2D eigenvalue weighted by molar-refractivity contribution is -0.271. The zero-order valence-corrected chi connectivity index (χ0v) is 19.6. The van der Waals surface area contributed by atoms with Crippen molar-refractivity contribution in [1.82, 2.24) is 29.6 Å². The molecule has 0 bridgehead atoms. The molecular weight excluding hydrogens is 479 g/mol. The highest BCUT2D eigenvalue weighted by atomic mass is 19.4. The molecule has 0 saturated heterocycles. The van der Waals surface area contributed by atoms with Crippen molar-refractivity contribution in [3.05, 3.63) is 59.8 Å². The number of hydrogen-bond donors (Lipinski definition) is 2. The van der Waals surface area contributed by atoms with Crippen LogP contribution < -0.4 is 15.4 Å². The average Bonchev–Trinajstić information content (AvgIpc) is 3.56. The third-order valence-electron chi connectivity index (χ3n) is 6.24. The smallest absolute Gasteiger partial charge is 0.422 e. The number of amides is 1. The maximum atomic E-state index is 13.6. The minimum absolute atomic E-state index is 0.0435. The van der Waals surface area contributed by atoms with Gasteiger partial charge in [-0.15, -0.1) is 0 Å². The van der Waals surface area contributed by atoms with Crippen LogP contribution >= 0.6 is 0 Å². The van der Waals surface area contributed by atoms with Crippen LogP contribution in [0.5, 0.6) is 11.6 Å². The van der Waals surface area contributed by atoms with Crippen LogP contribution in [0, 0.1) is 0 Å². The molecule has 0 spiro atoms. The van der Waals surface area contributed by atoms with Crippen LogP contribution in [0.1, 0.15) is 23.9 Å². The Morgan fingerprint density at radius 3 is 2.72 bits per heavy atom. The molecule has 0 aliphatic carbocycles. The van der Waals surface area contributed by atoms with Gasteiger partial charge in [0.05, 0.1) is 22.5 Å². The summed E-state index contributed by atoms with van der Waals surface area (Å²) in [5, 5.41) is 10.5. The summed E-state index contributed by atoms with van der Waals surface area (Å²) in [4.78, 5) is 21.4. The van der Waals surface area contributed by atoms with Gasteiger partial charge >= 0.3 is 12.2 Å². The highest BCUT2D eigenvalue weighted by molar-refractivity contribution is 5.98. The van der Waals surface area contributed by atoms with Crippen molar-refractivity contribution in [2.75, 3.05) is 12.4 Å². The van der Waals surface area contributed by atoms with Crippen molar-refractivity contribution < 1.29 is 27.4 Å². The highest BCUT2D eigenvalue weighted by Crippen LogP contribution is 2.42. The number of hydrogen-bond acceptors (Lipinski definition) is 7. The first-order valence-electron chi connectivity index (χ1n) is 10.9. The Balaban J connectivity index is 1.37. The number of nitrogens with zero attached hydrogens (tertiary/aromatic N) is 5. The van der Waals surface area contributed by atoms with Gasteiger partial charge in [0.25, 0.3) is 0 Å². The van der Waals surface area contributed by atoms with Crippen LogP contribution in [0.25, 0.3) is 10.9 Å². The number of alkyl halides is 3. The number of halogens is 3. The molecule has 2 N–H and O–H groups in total. The second-order valence-electron chi connectivity index (χ2n) is 8.42. The highest BCUT2D eigenvalue weighted by Gasteiger charge is 2.55. The average molecular weight is 501 g/mol. The lowest BCUT2D eigenvalue weighted by Gasteiger charge is -2.30. The Morgan fingerprint density at radius 1 is 1.17 bits per heavy atom. The first-order valence-corrected chi connectivity index (χ1v) is 10.9. The number of nitrogens with one attached hydrogen (secondary N) is 2. The summed E-state index contributed by atoms with van der Waals surface area (Å²) in [6.07, 6.45) is -1.68. The van der Waals surface area contributed by atoms with Gasteiger partial charge in [0.2, 0.25) is 11.5 Å². The normalized spacial score (nSPS) is 15.1. The molecular formula is C23H22F3N7O3. The number of methoxy groups -OCH3 is 1. The number of carbonyl (C=O) groups excluding carboxylic acids is 1. The van der Waals surface area contributed by atoms with Crippen molar-refractivity contribution in [3.63, 3.8) is 0 Å². The molecule has 1 aromatic carbocycles. The summed E-state index contributed by atoms with van der Waals surface area (Å²) >= 11 is 0. The number of fused-ring (bicyclic) bond motifs is 2. The fourth-order valence-corrected chi connectivity index (χ4v) is 4.14. The van der Waals surface area contributed by atoms with E-state index in [2.05, 4.69) is 25.7 Å². The lowest BCUT2D eigenvalue weighted by atomic mass is 10.0. The van der Waals surface area contributed by atoms with Gasteiger partial charge < -0.3 is 14.8 Å². The molecule has 4 heterocycles. The second kappa shape index (κ2) is 8.60. The Labute approximate surface area is 203 Å². The van der Waals surface area contributed by atoms with E-state index >= 15 is 0 Å². The van der Waals surface area contributed by atoms with E-state index in [1.54, 1.807) is 30.5 Å². The molecule has 1 aliphatic rings. The Bertz CT molecular complexity index is 1460. The largest absolute Gasteiger partial charge is 0.439 e. The summed E-state index contributed by atoms with van der Waals surface area (Å²) in [5.74, 6) is 0.960. The number of ether oxygens (including phenoxy) is 2. The van der Waals surface area contributed by atoms with E-state index < -0.39 is 17.8 Å². The SMILES string of the molecule is COC(C)(c1cc(NC(=O)n2ccc3cc(Oc4ncnc5c4CNC5)ccc32)nn1C)C(F)(F)F. The summed E-state index contributed by atoms with van der Waals surface area (Å²) in [6, 6.07) is 7.45. The number of rotatable bonds is 5. The third-order valence-corrected chi connectivity index (χ3v) is 6.24. The van der Waals surface area contributed by atoms with Crippen LogP contribution in [-0.2, 0) is 30.5 Å². The van der Waals surface area contributed by atoms with Crippen molar-refractivity contribution in [1.29, 1.82) is 0 Å². The van der Waals surface area contributed by atoms with Crippen LogP contribution in [0.3, 0.4) is 0 Å². The van der Waals surface area contributed by atoms with Gasteiger partial charge in [0.15, 0.2) is 5.82 Å². The summed E-state index contributed by atoms with van der Waals surface area (Å²) in [7, 11) is 2.32. The molecule has 0 saturated carbocycles. The number of benzene rings is 1. The van der Waals surface area contributed by atoms with Gasteiger partial charge in [-0.2, -0.15) is 18.3 Å². The number of carbonyl (C=O) groups is 1. The molecule has 10 nitrogen and oxygen atoms in total. The zero-order chi connectivity index (χ0) is 25.7. The molecule has 0 radical (unpaired) electrons. The molecule has 13 heteroatoms. The summed E-state index contributed by atoms with van der Waals surface area (Å²) < 4.78 is 53.9. The molecule has 5 rings (SSSR count). The predicted octanol–water partition coefficient (Wildman–Crippen LogP) is 4.06. The van der Waals surface area contributed by atoms with Gasteiger partial charge in [-0.25, -0.2) is 14.8 Å². The monoisotopic (exact) mass is 501 g/mol. The van der Waals surface area contributed by atoms with E-state index in [1.807, 2.05) is 0 Å². The Morgan fingerprint density at radius 2 is 1.97 bits per heavy atom. The second-order valence-corrected chi connectivity index (χ2v) is 8.42. The zero-order valence-electron chi connectivity index (χ0n) is 19.6. The first kappa shape index (κ1) is 23.8. The van der Waals surface area contributed by atoms with Crippen molar-refractivity contribution in [3.8, 4) is 11.6 Å². The minimum atomic E-state index is -4.68. The van der Waals surface area contributed by atoms with Crippen molar-refractivity contribution in [2.24, 2.45) is 7.05 Å². The first-order chi connectivity index (χ1) is 17.1. The molecule has 188 valence electrons. The standard InChI is InChI=1S/C23H22F3N7O3/c1-22(35-3,23(24,25)26)18-9-19(31-32(18)2)30-21(34)33-7-6-13-8-14(4-5-17(13)33)36-20-15-10-27-11-16(15)28-12-29-20/h4-9,12,27H,10-11H2,1-3H3,(H,30,31,34). The van der Waals surface area contributed by atoms with Crippen LogP contribution in [0.4, 0.5) is 23.8 Å². The van der Waals surface area contributed by atoms with E-state index in [0.717, 1.165) is 41.4 Å². The minimum Gasteiger partial charge on any atom is -0.439 e. The molecule has 36 heavy (non-hydrogen) atoms. The van der Waals surface area contributed by atoms with Gasteiger partial charge in [0.1, 0.15) is 12.1 Å². The van der Waals surface area contributed by atoms with E-state index in [4.69, 9.17) is 9.47 Å². The molecule has 3 aromatic heterocycles. The number of aromatic nitrogens is 5. The predicted molar refractivity (Wildman–Crippen MR) is 123 cm³/mol. The molecule has 0 fully saturated rings. The topological polar surface area (TPSA) is 108 Å². The van der Waals surface area contributed by atoms with Crippen LogP contribution in [-0.4, -0.2) is 43.6 Å². The quantitative estimate of drug-likeness (QED) is 0.425. The number of aryl methyl sites for hydroxylation is 1. The Kier molecular flexibility index (Phi) is 5.68. The van der Waals surface area contributed by atoms with Crippen molar-refractivity contribution in [2.45, 2.75) is 31.8 Å². The van der Waals surface area contributed by atoms with Gasteiger partial charge in [-0.1, -0.05) is 0 Å². The lowest BCUT2D eigenvalue weighted by Crippen LogP contribution is -2.42. The molecule has 1 unspecified atom stereocenters. The fraction of sp³-hybridized carbons (Fsp3) is 0.304. The van der Waals surface area contributed by atoms with Gasteiger partial charge in [-0.05, 0) is 31.2 Å². The fourth-order valence-electron chi connectivity index (χ4n) is 4.14. The molecule has 4 aromatic rings. The third kappa shape index (κ3) is 3.95. The van der Waals surface area contributed by atoms with E-state index in [9.17, 15) is 18.0 Å². The van der Waals surface area contributed by atoms with E-state index in [1.165, 1.54) is 17.9 Å². The summed E-state index contributed by atoms with van der Waals surface area (Å²) in [6.45, 7) is 2.18. The van der Waals surface area contributed by atoms with Gasteiger partial charge in [-0.3, -0.25) is 14.6 Å².